The second kappa shape index (κ2) is 6.10. The number of methoxy groups -OCH3 is 1. The molecule has 1 aromatic rings. The summed E-state index contributed by atoms with van der Waals surface area (Å²) >= 11 is 0. The van der Waals surface area contributed by atoms with Crippen LogP contribution in [0.25, 0.3) is 0 Å². The predicted octanol–water partition coefficient (Wildman–Crippen LogP) is 4.05. The average molecular weight is 361 g/mol. The third kappa shape index (κ3) is 2.32. The third-order valence-electron chi connectivity index (χ3n) is 7.93. The third-order valence-corrected chi connectivity index (χ3v) is 7.93. The van der Waals surface area contributed by atoms with Gasteiger partial charge in [-0.1, -0.05) is 13.3 Å². The van der Waals surface area contributed by atoms with Gasteiger partial charge in [-0.15, -0.1) is 0 Å². The van der Waals surface area contributed by atoms with Gasteiger partial charge in [0.05, 0.1) is 31.2 Å². The van der Waals surface area contributed by atoms with Crippen molar-refractivity contribution in [2.45, 2.75) is 64.2 Å². The molecule has 0 unspecified atom stereocenters. The smallest absolute Gasteiger partial charge is 0.311 e. The molecular weight excluding hydrogens is 330 g/mol. The Morgan fingerprint density at radius 1 is 1.27 bits per heavy atom. The molecule has 0 spiro atoms. The highest BCUT2D eigenvalue weighted by atomic mass is 16.5. The highest BCUT2D eigenvalue weighted by molar-refractivity contribution is 5.77. The van der Waals surface area contributed by atoms with Gasteiger partial charge in [0.15, 0.2) is 0 Å². The van der Waals surface area contributed by atoms with Crippen molar-refractivity contribution in [3.63, 3.8) is 0 Å². The molecular formula is C21H31NO4. The lowest BCUT2D eigenvalue weighted by molar-refractivity contribution is -0.194. The molecule has 0 bridgehead atoms. The van der Waals surface area contributed by atoms with Gasteiger partial charge in [0.25, 0.3) is 0 Å². The molecule has 26 heavy (non-hydrogen) atoms. The van der Waals surface area contributed by atoms with Crippen LogP contribution in [0.3, 0.4) is 0 Å². The van der Waals surface area contributed by atoms with Gasteiger partial charge < -0.3 is 13.9 Å². The van der Waals surface area contributed by atoms with E-state index in [2.05, 4.69) is 19.2 Å². The number of ether oxygens (including phenoxy) is 2. The number of nitrogens with one attached hydrogen (secondary N) is 1. The molecule has 1 aliphatic heterocycles. The summed E-state index contributed by atoms with van der Waals surface area (Å²) in [6.45, 7) is 4.51. The lowest BCUT2D eigenvalue weighted by Gasteiger charge is -2.60. The lowest BCUT2D eigenvalue weighted by atomic mass is 9.46. The first-order valence-electron chi connectivity index (χ1n) is 9.87. The second-order valence-corrected chi connectivity index (χ2v) is 8.95. The summed E-state index contributed by atoms with van der Waals surface area (Å²) < 4.78 is 17.2. The molecule has 2 heterocycles. The van der Waals surface area contributed by atoms with Gasteiger partial charge in [-0.05, 0) is 63.5 Å². The standard InChI is InChI=1S/C21H31NO4/c1-19-8-5-9-20(2,18(23)24-4)16(19)6-10-21(22-3)17(19)12-15(26-21)14-7-11-25-13-14/h7,11,13,15-17,22H,5-6,8-10,12H2,1-4H3/t15-,16+,17+,19+,20+,21-/m1/s1. The van der Waals surface area contributed by atoms with Gasteiger partial charge in [-0.25, -0.2) is 0 Å². The molecule has 0 aromatic carbocycles. The minimum Gasteiger partial charge on any atom is -0.472 e. The van der Waals surface area contributed by atoms with E-state index in [4.69, 9.17) is 13.9 Å². The van der Waals surface area contributed by atoms with Crippen LogP contribution in [0.2, 0.25) is 0 Å². The van der Waals surface area contributed by atoms with Crippen molar-refractivity contribution in [3.05, 3.63) is 24.2 Å². The summed E-state index contributed by atoms with van der Waals surface area (Å²) in [5.74, 6) is 0.646. The number of hydrogen-bond acceptors (Lipinski definition) is 5. The van der Waals surface area contributed by atoms with Crippen LogP contribution < -0.4 is 5.32 Å². The molecule has 1 N–H and O–H groups in total. The van der Waals surface area contributed by atoms with Gasteiger partial charge in [-0.3, -0.25) is 10.1 Å². The summed E-state index contributed by atoms with van der Waals surface area (Å²) in [6.07, 6.45) is 9.55. The zero-order valence-corrected chi connectivity index (χ0v) is 16.3. The van der Waals surface area contributed by atoms with Crippen LogP contribution in [0, 0.1) is 22.7 Å². The van der Waals surface area contributed by atoms with Crippen molar-refractivity contribution in [3.8, 4) is 0 Å². The largest absolute Gasteiger partial charge is 0.472 e. The molecule has 3 aliphatic rings. The Bertz CT molecular complexity index is 674. The number of hydrogen-bond donors (Lipinski definition) is 1. The Morgan fingerprint density at radius 2 is 2.08 bits per heavy atom. The Balaban J connectivity index is 1.71. The van der Waals surface area contributed by atoms with E-state index in [1.54, 1.807) is 12.5 Å². The van der Waals surface area contributed by atoms with E-state index in [-0.39, 0.29) is 23.2 Å². The molecule has 1 saturated heterocycles. The topological polar surface area (TPSA) is 60.7 Å². The highest BCUT2D eigenvalue weighted by Gasteiger charge is 2.66. The number of carbonyl (C=O) groups is 1. The predicted molar refractivity (Wildman–Crippen MR) is 97.2 cm³/mol. The van der Waals surface area contributed by atoms with Crippen LogP contribution in [0.1, 0.15) is 64.0 Å². The molecule has 1 aromatic heterocycles. The van der Waals surface area contributed by atoms with E-state index in [0.29, 0.717) is 11.8 Å². The molecule has 2 aliphatic carbocycles. The van der Waals surface area contributed by atoms with E-state index < -0.39 is 5.41 Å². The first-order valence-corrected chi connectivity index (χ1v) is 9.87. The second-order valence-electron chi connectivity index (χ2n) is 8.95. The lowest BCUT2D eigenvalue weighted by Crippen LogP contribution is -2.63. The van der Waals surface area contributed by atoms with E-state index in [0.717, 1.165) is 44.1 Å². The zero-order valence-electron chi connectivity index (χ0n) is 16.3. The van der Waals surface area contributed by atoms with Crippen LogP contribution in [-0.4, -0.2) is 25.9 Å². The van der Waals surface area contributed by atoms with Crippen LogP contribution >= 0.6 is 0 Å². The van der Waals surface area contributed by atoms with Crippen molar-refractivity contribution in [1.29, 1.82) is 0 Å². The number of fused-ring (bicyclic) bond motifs is 3. The maximum absolute atomic E-state index is 12.7. The van der Waals surface area contributed by atoms with E-state index in [1.165, 1.54) is 7.11 Å². The number of esters is 1. The molecule has 3 fully saturated rings. The Morgan fingerprint density at radius 3 is 2.73 bits per heavy atom. The maximum atomic E-state index is 12.7. The normalized spacial score (nSPS) is 45.0. The van der Waals surface area contributed by atoms with Crippen molar-refractivity contribution >= 4 is 5.97 Å². The summed E-state index contributed by atoms with van der Waals surface area (Å²) in [5, 5.41) is 3.53. The molecule has 2 saturated carbocycles. The van der Waals surface area contributed by atoms with Gasteiger partial charge in [0.2, 0.25) is 0 Å². The minimum atomic E-state index is -0.393. The molecule has 4 rings (SSSR count). The number of carbonyl (C=O) groups excluding carboxylic acids is 1. The van der Waals surface area contributed by atoms with Crippen molar-refractivity contribution in [1.82, 2.24) is 5.32 Å². The summed E-state index contributed by atoms with van der Waals surface area (Å²) in [7, 11) is 3.53. The van der Waals surface area contributed by atoms with E-state index in [9.17, 15) is 4.79 Å². The van der Waals surface area contributed by atoms with Gasteiger partial charge in [0.1, 0.15) is 5.72 Å². The van der Waals surface area contributed by atoms with Gasteiger partial charge in [-0.2, -0.15) is 0 Å². The highest BCUT2D eigenvalue weighted by Crippen LogP contribution is 2.66. The molecule has 144 valence electrons. The van der Waals surface area contributed by atoms with Gasteiger partial charge >= 0.3 is 5.97 Å². The summed E-state index contributed by atoms with van der Waals surface area (Å²) in [6, 6.07) is 2.00. The van der Waals surface area contributed by atoms with Crippen molar-refractivity contribution < 1.29 is 18.7 Å². The minimum absolute atomic E-state index is 0.0457. The quantitative estimate of drug-likeness (QED) is 0.823. The molecule has 5 nitrogen and oxygen atoms in total. The van der Waals surface area contributed by atoms with Crippen molar-refractivity contribution in [2.75, 3.05) is 14.2 Å². The maximum Gasteiger partial charge on any atom is 0.311 e. The molecule has 0 radical (unpaired) electrons. The number of furan rings is 1. The van der Waals surface area contributed by atoms with Crippen LogP contribution in [0.15, 0.2) is 23.0 Å². The monoisotopic (exact) mass is 361 g/mol. The van der Waals surface area contributed by atoms with E-state index >= 15 is 0 Å². The Hall–Kier alpha value is -1.33. The molecule has 0 amide bonds. The Labute approximate surface area is 155 Å². The van der Waals surface area contributed by atoms with Crippen LogP contribution in [-0.2, 0) is 14.3 Å². The molecule has 6 atom stereocenters. The van der Waals surface area contributed by atoms with E-state index in [1.807, 2.05) is 13.1 Å². The molecule has 5 heteroatoms. The average Bonchev–Trinajstić information content (AvgIpc) is 3.29. The Kier molecular flexibility index (Phi) is 4.23. The summed E-state index contributed by atoms with van der Waals surface area (Å²) in [4.78, 5) is 12.7. The van der Waals surface area contributed by atoms with Crippen molar-refractivity contribution in [2.24, 2.45) is 22.7 Å². The fourth-order valence-corrected chi connectivity index (χ4v) is 6.66. The first kappa shape index (κ1) is 18.1. The van der Waals surface area contributed by atoms with Gasteiger partial charge in [0, 0.05) is 11.5 Å². The number of rotatable bonds is 3. The fraction of sp³-hybridized carbons (Fsp3) is 0.762. The zero-order chi connectivity index (χ0) is 18.6. The SMILES string of the molecule is CN[C@@]12CC[C@H]3[C@](C)(CCC[C@]3(C)C(=O)OC)[C@@H]1C[C@H](c1ccoc1)O2. The van der Waals surface area contributed by atoms with Crippen LogP contribution in [0.4, 0.5) is 0 Å². The summed E-state index contributed by atoms with van der Waals surface area (Å²) in [5.41, 5.74) is 0.457. The fourth-order valence-electron chi connectivity index (χ4n) is 6.66. The first-order chi connectivity index (χ1) is 12.4. The van der Waals surface area contributed by atoms with Crippen LogP contribution in [0.5, 0.6) is 0 Å².